The molecule has 8 nitrogen and oxygen atoms in total. The number of benzene rings is 2. The Labute approximate surface area is 167 Å². The summed E-state index contributed by atoms with van der Waals surface area (Å²) in [5, 5.41) is 5.34. The molecule has 0 radical (unpaired) electrons. The summed E-state index contributed by atoms with van der Waals surface area (Å²) in [4.78, 5) is 49.2. The van der Waals surface area contributed by atoms with Crippen molar-refractivity contribution >= 4 is 29.3 Å². The van der Waals surface area contributed by atoms with Crippen LogP contribution in [0.4, 0.5) is 5.69 Å². The summed E-state index contributed by atoms with van der Waals surface area (Å²) in [7, 11) is 0. The van der Waals surface area contributed by atoms with Crippen LogP contribution in [-0.4, -0.2) is 48.2 Å². The van der Waals surface area contributed by atoms with Gasteiger partial charge >= 0.3 is 0 Å². The second-order valence-corrected chi connectivity index (χ2v) is 6.37. The van der Waals surface area contributed by atoms with Crippen LogP contribution in [0.2, 0.25) is 0 Å². The Morgan fingerprint density at radius 3 is 2.14 bits per heavy atom. The van der Waals surface area contributed by atoms with Gasteiger partial charge in [-0.2, -0.15) is 0 Å². The van der Waals surface area contributed by atoms with Crippen molar-refractivity contribution in [2.75, 3.05) is 25.0 Å². The van der Waals surface area contributed by atoms with E-state index in [-0.39, 0.29) is 43.2 Å². The van der Waals surface area contributed by atoms with Gasteiger partial charge in [0.1, 0.15) is 5.75 Å². The second kappa shape index (κ2) is 9.01. The Morgan fingerprint density at radius 2 is 1.55 bits per heavy atom. The van der Waals surface area contributed by atoms with Gasteiger partial charge in [0, 0.05) is 25.2 Å². The minimum Gasteiger partial charge on any atom is -0.484 e. The van der Waals surface area contributed by atoms with Crippen LogP contribution in [-0.2, 0) is 9.59 Å². The molecule has 0 spiro atoms. The summed E-state index contributed by atoms with van der Waals surface area (Å²) >= 11 is 0. The highest BCUT2D eigenvalue weighted by Crippen LogP contribution is 2.22. The van der Waals surface area contributed by atoms with E-state index in [0.717, 1.165) is 4.90 Å². The molecule has 0 unspecified atom stereocenters. The first-order chi connectivity index (χ1) is 14.0. The molecule has 0 fully saturated rings. The number of carbonyl (C=O) groups is 4. The van der Waals surface area contributed by atoms with E-state index in [0.29, 0.717) is 29.1 Å². The first-order valence-corrected chi connectivity index (χ1v) is 9.24. The lowest BCUT2D eigenvalue weighted by atomic mass is 10.1. The molecule has 0 saturated carbocycles. The number of amides is 4. The zero-order chi connectivity index (χ0) is 20.8. The van der Waals surface area contributed by atoms with Crippen molar-refractivity contribution in [3.05, 3.63) is 59.7 Å². The highest BCUT2D eigenvalue weighted by molar-refractivity contribution is 6.21. The number of hydrogen-bond donors (Lipinski definition) is 2. The van der Waals surface area contributed by atoms with E-state index >= 15 is 0 Å². The molecule has 3 rings (SSSR count). The molecule has 2 aromatic rings. The van der Waals surface area contributed by atoms with Gasteiger partial charge in [-0.1, -0.05) is 12.1 Å². The Kier molecular flexibility index (Phi) is 6.23. The van der Waals surface area contributed by atoms with E-state index < -0.39 is 0 Å². The molecule has 0 bridgehead atoms. The number of carbonyl (C=O) groups excluding carboxylic acids is 4. The number of imide groups is 1. The summed E-state index contributed by atoms with van der Waals surface area (Å²) in [5.41, 5.74) is 1.27. The van der Waals surface area contributed by atoms with E-state index in [2.05, 4.69) is 10.6 Å². The molecule has 1 aliphatic rings. The Hall–Kier alpha value is -3.68. The lowest BCUT2D eigenvalue weighted by Gasteiger charge is -2.13. The molecular formula is C21H21N3O5. The van der Waals surface area contributed by atoms with Crippen LogP contribution >= 0.6 is 0 Å². The molecule has 1 aliphatic heterocycles. The van der Waals surface area contributed by atoms with E-state index in [1.54, 1.807) is 48.5 Å². The molecule has 2 N–H and O–H groups in total. The zero-order valence-electron chi connectivity index (χ0n) is 15.9. The fourth-order valence-electron chi connectivity index (χ4n) is 2.91. The van der Waals surface area contributed by atoms with Crippen LogP contribution in [0.3, 0.4) is 0 Å². The Balaban J connectivity index is 1.48. The van der Waals surface area contributed by atoms with Gasteiger partial charge in [0.2, 0.25) is 5.91 Å². The van der Waals surface area contributed by atoms with Crippen molar-refractivity contribution < 1.29 is 23.9 Å². The number of hydrogen-bond acceptors (Lipinski definition) is 5. The Morgan fingerprint density at radius 1 is 0.931 bits per heavy atom. The van der Waals surface area contributed by atoms with Gasteiger partial charge in [-0.15, -0.1) is 0 Å². The standard InChI is InChI=1S/C21H21N3O5/c1-2-22-19(26)13-29-15-9-7-14(8-10-15)23-18(25)11-12-24-20(27)16-5-3-4-6-17(16)21(24)28/h3-10H,2,11-13H2,1H3,(H,22,26)(H,23,25). The van der Waals surface area contributed by atoms with Crippen LogP contribution in [0.15, 0.2) is 48.5 Å². The molecule has 1 heterocycles. The molecule has 8 heteroatoms. The lowest BCUT2D eigenvalue weighted by molar-refractivity contribution is -0.123. The summed E-state index contributed by atoms with van der Waals surface area (Å²) < 4.78 is 5.34. The van der Waals surface area contributed by atoms with Crippen LogP contribution in [0.5, 0.6) is 5.75 Å². The summed E-state index contributed by atoms with van der Waals surface area (Å²) in [6, 6.07) is 13.2. The highest BCUT2D eigenvalue weighted by Gasteiger charge is 2.34. The van der Waals surface area contributed by atoms with Gasteiger partial charge in [-0.3, -0.25) is 24.1 Å². The molecule has 0 atom stereocenters. The second-order valence-electron chi connectivity index (χ2n) is 6.37. The third-order valence-electron chi connectivity index (χ3n) is 4.32. The van der Waals surface area contributed by atoms with Crippen molar-refractivity contribution in [2.24, 2.45) is 0 Å². The number of ether oxygens (including phenoxy) is 1. The normalized spacial score (nSPS) is 12.5. The maximum atomic E-state index is 12.3. The summed E-state index contributed by atoms with van der Waals surface area (Å²) in [6.45, 7) is 2.28. The SMILES string of the molecule is CCNC(=O)COc1ccc(NC(=O)CCN2C(=O)c3ccccc3C2=O)cc1. The van der Waals surface area contributed by atoms with Crippen molar-refractivity contribution in [2.45, 2.75) is 13.3 Å². The van der Waals surface area contributed by atoms with Crippen molar-refractivity contribution in [3.8, 4) is 5.75 Å². The van der Waals surface area contributed by atoms with E-state index in [9.17, 15) is 19.2 Å². The Bertz CT molecular complexity index is 905. The minimum absolute atomic E-state index is 0.00587. The number of anilines is 1. The minimum atomic E-state index is -0.382. The third-order valence-corrected chi connectivity index (χ3v) is 4.32. The molecule has 0 saturated heterocycles. The van der Waals surface area contributed by atoms with Gasteiger partial charge in [0.15, 0.2) is 6.61 Å². The smallest absolute Gasteiger partial charge is 0.261 e. The van der Waals surface area contributed by atoms with Crippen LogP contribution in [0.25, 0.3) is 0 Å². The fraction of sp³-hybridized carbons (Fsp3) is 0.238. The molecule has 2 aromatic carbocycles. The van der Waals surface area contributed by atoms with Gasteiger partial charge < -0.3 is 15.4 Å². The van der Waals surface area contributed by atoms with Crippen molar-refractivity contribution in [3.63, 3.8) is 0 Å². The van der Waals surface area contributed by atoms with Crippen LogP contribution in [0.1, 0.15) is 34.1 Å². The largest absolute Gasteiger partial charge is 0.484 e. The molecule has 0 aliphatic carbocycles. The van der Waals surface area contributed by atoms with E-state index in [1.165, 1.54) is 0 Å². The highest BCUT2D eigenvalue weighted by atomic mass is 16.5. The fourth-order valence-corrected chi connectivity index (χ4v) is 2.91. The summed E-state index contributed by atoms with van der Waals surface area (Å²) in [5.74, 6) is -0.796. The molecule has 0 aromatic heterocycles. The predicted molar refractivity (Wildman–Crippen MR) is 106 cm³/mol. The number of fused-ring (bicyclic) bond motifs is 1. The third kappa shape index (κ3) is 4.78. The number of nitrogens with zero attached hydrogens (tertiary/aromatic N) is 1. The monoisotopic (exact) mass is 395 g/mol. The van der Waals surface area contributed by atoms with E-state index in [4.69, 9.17) is 4.74 Å². The predicted octanol–water partition coefficient (Wildman–Crippen LogP) is 1.83. The van der Waals surface area contributed by atoms with Gasteiger partial charge in [0.25, 0.3) is 17.7 Å². The molecular weight excluding hydrogens is 374 g/mol. The average molecular weight is 395 g/mol. The van der Waals surface area contributed by atoms with Gasteiger partial charge in [-0.25, -0.2) is 0 Å². The molecule has 4 amide bonds. The molecule has 150 valence electrons. The summed E-state index contributed by atoms with van der Waals surface area (Å²) in [6.07, 6.45) is -0.0130. The first kappa shape index (κ1) is 20.1. The number of rotatable bonds is 8. The topological polar surface area (TPSA) is 105 Å². The van der Waals surface area contributed by atoms with Crippen molar-refractivity contribution in [1.29, 1.82) is 0 Å². The quantitative estimate of drug-likeness (QED) is 0.664. The number of nitrogens with one attached hydrogen (secondary N) is 2. The average Bonchev–Trinajstić information content (AvgIpc) is 2.96. The van der Waals surface area contributed by atoms with Crippen LogP contribution < -0.4 is 15.4 Å². The maximum absolute atomic E-state index is 12.3. The first-order valence-electron chi connectivity index (χ1n) is 9.24. The maximum Gasteiger partial charge on any atom is 0.261 e. The molecule has 29 heavy (non-hydrogen) atoms. The lowest BCUT2D eigenvalue weighted by Crippen LogP contribution is -2.32. The van der Waals surface area contributed by atoms with Crippen LogP contribution in [0, 0.1) is 0 Å². The van der Waals surface area contributed by atoms with E-state index in [1.807, 2.05) is 6.92 Å². The van der Waals surface area contributed by atoms with Gasteiger partial charge in [-0.05, 0) is 43.3 Å². The zero-order valence-corrected chi connectivity index (χ0v) is 15.9. The van der Waals surface area contributed by atoms with Gasteiger partial charge in [0.05, 0.1) is 11.1 Å². The number of likely N-dealkylation sites (N-methyl/N-ethyl adjacent to an activating group) is 1. The van der Waals surface area contributed by atoms with Crippen molar-refractivity contribution in [1.82, 2.24) is 10.2 Å².